The van der Waals surface area contributed by atoms with E-state index in [2.05, 4.69) is 10.3 Å². The molecular weight excluding hydrogens is 481 g/mol. The van der Waals surface area contributed by atoms with Crippen LogP contribution in [0.25, 0.3) is 0 Å². The number of amides is 1. The van der Waals surface area contributed by atoms with Gasteiger partial charge in [0.05, 0.1) is 22.1 Å². The highest BCUT2D eigenvalue weighted by Crippen LogP contribution is 2.27. The lowest BCUT2D eigenvalue weighted by molar-refractivity contribution is -0.0925. The number of rotatable bonds is 5. The molecule has 0 unspecified atom stereocenters. The van der Waals surface area contributed by atoms with Crippen LogP contribution < -0.4 is 11.1 Å². The number of para-hydroxylation sites is 1. The molecule has 0 radical (unpaired) electrons. The predicted octanol–water partition coefficient (Wildman–Crippen LogP) is 6.91. The Hall–Kier alpha value is -3.36. The van der Waals surface area contributed by atoms with Crippen molar-refractivity contribution in [2.24, 2.45) is 10.7 Å². The Bertz CT molecular complexity index is 1240. The van der Waals surface area contributed by atoms with Crippen molar-refractivity contribution in [3.63, 3.8) is 0 Å². The molecule has 4 nitrogen and oxygen atoms in total. The van der Waals surface area contributed by atoms with Gasteiger partial charge in [-0.25, -0.2) is 9.38 Å². The quantitative estimate of drug-likeness (QED) is 0.298. The lowest BCUT2D eigenvalue weighted by Crippen LogP contribution is -2.21. The number of anilines is 1. The molecule has 3 N–H and O–H groups in total. The van der Waals surface area contributed by atoms with Crippen molar-refractivity contribution < 1.29 is 22.4 Å². The van der Waals surface area contributed by atoms with Gasteiger partial charge in [0.25, 0.3) is 5.91 Å². The number of nitrogens with one attached hydrogen (secondary N) is 1. The maximum atomic E-state index is 13.9. The third kappa shape index (κ3) is 6.34. The van der Waals surface area contributed by atoms with E-state index in [9.17, 15) is 22.4 Å². The maximum absolute atomic E-state index is 13.9. The van der Waals surface area contributed by atoms with E-state index in [1.54, 1.807) is 12.1 Å². The van der Waals surface area contributed by atoms with Gasteiger partial charge in [-0.05, 0) is 48.5 Å². The van der Waals surface area contributed by atoms with Gasteiger partial charge in [0.1, 0.15) is 11.5 Å². The smallest absolute Gasteiger partial charge is 0.395 e. The van der Waals surface area contributed by atoms with Crippen molar-refractivity contribution >= 4 is 46.2 Å². The van der Waals surface area contributed by atoms with E-state index in [-0.39, 0.29) is 38.3 Å². The summed E-state index contributed by atoms with van der Waals surface area (Å²) in [7, 11) is 0. The van der Waals surface area contributed by atoms with Crippen molar-refractivity contribution in [1.82, 2.24) is 0 Å². The summed E-state index contributed by atoms with van der Waals surface area (Å²) >= 11 is 11.8. The van der Waals surface area contributed by atoms with Crippen molar-refractivity contribution in [3.05, 3.63) is 105 Å². The molecule has 0 aliphatic carbocycles. The molecule has 10 heteroatoms. The van der Waals surface area contributed by atoms with E-state index in [4.69, 9.17) is 28.9 Å². The number of aliphatic imine (C=N–C) groups is 1. The lowest BCUT2D eigenvalue weighted by Gasteiger charge is -2.10. The summed E-state index contributed by atoms with van der Waals surface area (Å²) in [4.78, 5) is 16.6. The number of nitrogens with zero attached hydrogens (tertiary/aromatic N) is 1. The first-order valence-corrected chi connectivity index (χ1v) is 10.0. The first kappa shape index (κ1) is 24.3. The van der Waals surface area contributed by atoms with E-state index >= 15 is 0 Å². The summed E-state index contributed by atoms with van der Waals surface area (Å²) in [5, 5.41) is 2.80. The van der Waals surface area contributed by atoms with Crippen LogP contribution in [-0.2, 0) is 0 Å². The summed E-state index contributed by atoms with van der Waals surface area (Å²) in [5.74, 6) is -1.34. The van der Waals surface area contributed by atoms with E-state index in [1.807, 2.05) is 0 Å². The third-order valence-electron chi connectivity index (χ3n) is 4.34. The Morgan fingerprint density at radius 3 is 2.21 bits per heavy atom. The zero-order valence-corrected chi connectivity index (χ0v) is 18.1. The molecule has 3 aromatic carbocycles. The minimum Gasteiger partial charge on any atom is -0.395 e. The minimum absolute atomic E-state index is 0.0738. The molecule has 0 saturated heterocycles. The van der Waals surface area contributed by atoms with Crippen LogP contribution in [-0.4, -0.2) is 17.8 Å². The molecule has 33 heavy (non-hydrogen) atoms. The fourth-order valence-electron chi connectivity index (χ4n) is 2.66. The molecule has 0 heterocycles. The molecule has 3 rings (SSSR count). The van der Waals surface area contributed by atoms with Crippen LogP contribution in [0, 0.1) is 5.82 Å². The first-order valence-electron chi connectivity index (χ1n) is 9.29. The van der Waals surface area contributed by atoms with Gasteiger partial charge in [0.15, 0.2) is 0 Å². The second-order valence-electron chi connectivity index (χ2n) is 6.70. The molecule has 3 aromatic rings. The minimum atomic E-state index is -4.76. The summed E-state index contributed by atoms with van der Waals surface area (Å²) < 4.78 is 53.0. The highest BCUT2D eigenvalue weighted by molar-refractivity contribution is 6.33. The molecular formula is C23H15Cl2F4N3O. The van der Waals surface area contributed by atoms with Gasteiger partial charge in [-0.2, -0.15) is 13.2 Å². The van der Waals surface area contributed by atoms with Gasteiger partial charge in [-0.3, -0.25) is 4.79 Å². The van der Waals surface area contributed by atoms with Crippen LogP contribution in [0.3, 0.4) is 0 Å². The van der Waals surface area contributed by atoms with Gasteiger partial charge in [-0.15, -0.1) is 0 Å². The SMILES string of the molecule is NC(=CC(=Nc1ccccc1Cl)c1ccc(C(=O)Nc2ccc(Cl)cc2F)cc1)C(F)(F)F. The molecule has 170 valence electrons. The normalized spacial score (nSPS) is 12.5. The molecule has 1 amide bonds. The van der Waals surface area contributed by atoms with Crippen LogP contribution in [0.1, 0.15) is 15.9 Å². The number of hydrogen-bond donors (Lipinski definition) is 2. The van der Waals surface area contributed by atoms with E-state index in [0.717, 1.165) is 6.07 Å². The number of carbonyl (C=O) groups is 1. The van der Waals surface area contributed by atoms with Crippen LogP contribution in [0.15, 0.2) is 83.5 Å². The van der Waals surface area contributed by atoms with Gasteiger partial charge in [0.2, 0.25) is 0 Å². The largest absolute Gasteiger partial charge is 0.430 e. The number of carbonyl (C=O) groups excluding carboxylic acids is 1. The van der Waals surface area contributed by atoms with Gasteiger partial charge < -0.3 is 11.1 Å². The van der Waals surface area contributed by atoms with Gasteiger partial charge in [0, 0.05) is 16.1 Å². The fraction of sp³-hybridized carbons (Fsp3) is 0.0435. The summed E-state index contributed by atoms with van der Waals surface area (Å²) in [6, 6.07) is 15.6. The predicted molar refractivity (Wildman–Crippen MR) is 122 cm³/mol. The number of allylic oxidation sites excluding steroid dienone is 2. The van der Waals surface area contributed by atoms with Gasteiger partial charge in [-0.1, -0.05) is 47.5 Å². The molecule has 0 aliphatic rings. The third-order valence-corrected chi connectivity index (χ3v) is 4.89. The Labute approximate surface area is 196 Å². The number of benzene rings is 3. The van der Waals surface area contributed by atoms with Crippen molar-refractivity contribution in [1.29, 1.82) is 0 Å². The molecule has 0 fully saturated rings. The summed E-state index contributed by atoms with van der Waals surface area (Å²) in [6.45, 7) is 0. The van der Waals surface area contributed by atoms with Crippen molar-refractivity contribution in [2.75, 3.05) is 5.32 Å². The standard InChI is InChI=1S/C23H15Cl2F4N3O/c24-15-9-10-19(17(26)11-15)32-22(33)14-7-5-13(6-8-14)20(12-21(30)23(27,28)29)31-18-4-2-1-3-16(18)25/h1-12H,30H2,(H,32,33). The van der Waals surface area contributed by atoms with Crippen LogP contribution in [0.2, 0.25) is 10.0 Å². The molecule has 0 atom stereocenters. The molecule has 0 aromatic heterocycles. The van der Waals surface area contributed by atoms with Crippen LogP contribution >= 0.6 is 23.2 Å². The molecule has 0 saturated carbocycles. The topological polar surface area (TPSA) is 67.5 Å². The highest BCUT2D eigenvalue weighted by atomic mass is 35.5. The molecule has 0 bridgehead atoms. The molecule has 0 spiro atoms. The Kier molecular flexibility index (Phi) is 7.40. The fourth-order valence-corrected chi connectivity index (χ4v) is 3.00. The summed E-state index contributed by atoms with van der Waals surface area (Å²) in [6.07, 6.45) is -4.08. The average Bonchev–Trinajstić information content (AvgIpc) is 2.76. The maximum Gasteiger partial charge on any atom is 0.430 e. The number of alkyl halides is 3. The van der Waals surface area contributed by atoms with Crippen molar-refractivity contribution in [3.8, 4) is 0 Å². The summed E-state index contributed by atoms with van der Waals surface area (Å²) in [5.41, 5.74) is 4.26. The second kappa shape index (κ2) is 10.1. The second-order valence-corrected chi connectivity index (χ2v) is 7.55. The Morgan fingerprint density at radius 1 is 0.970 bits per heavy atom. The van der Waals surface area contributed by atoms with Crippen LogP contribution in [0.4, 0.5) is 28.9 Å². The molecule has 0 aliphatic heterocycles. The van der Waals surface area contributed by atoms with E-state index < -0.39 is 23.6 Å². The highest BCUT2D eigenvalue weighted by Gasteiger charge is 2.31. The lowest BCUT2D eigenvalue weighted by atomic mass is 10.1. The average molecular weight is 496 g/mol. The monoisotopic (exact) mass is 495 g/mol. The van der Waals surface area contributed by atoms with Gasteiger partial charge >= 0.3 is 6.18 Å². The Balaban J connectivity index is 1.93. The first-order chi connectivity index (χ1) is 15.5. The van der Waals surface area contributed by atoms with Crippen LogP contribution in [0.5, 0.6) is 0 Å². The zero-order chi connectivity index (χ0) is 24.2. The zero-order valence-electron chi connectivity index (χ0n) is 16.6. The number of hydrogen-bond acceptors (Lipinski definition) is 3. The Morgan fingerprint density at radius 2 is 1.61 bits per heavy atom. The number of halogens is 6. The number of nitrogens with two attached hydrogens (primary N) is 1. The van der Waals surface area contributed by atoms with Crippen molar-refractivity contribution in [2.45, 2.75) is 6.18 Å². The van der Waals surface area contributed by atoms with E-state index in [0.29, 0.717) is 6.08 Å². The van der Waals surface area contributed by atoms with E-state index in [1.165, 1.54) is 48.5 Å².